The molecule has 0 saturated heterocycles. The predicted molar refractivity (Wildman–Crippen MR) is 68.8 cm³/mol. The van der Waals surface area contributed by atoms with Crippen LogP contribution in [0.2, 0.25) is 0 Å². The van der Waals surface area contributed by atoms with Gasteiger partial charge in [-0.05, 0) is 31.4 Å². The molecule has 1 aromatic rings. The molecule has 1 aromatic heterocycles. The summed E-state index contributed by atoms with van der Waals surface area (Å²) in [6.07, 6.45) is 3.07. The minimum Gasteiger partial charge on any atom is -0.398 e. The lowest BCUT2D eigenvalue weighted by Crippen LogP contribution is -2.23. The second-order valence-electron chi connectivity index (χ2n) is 3.22. The van der Waals surface area contributed by atoms with Gasteiger partial charge in [0.25, 0.3) is 5.91 Å². The molecule has 1 rings (SSSR count). The summed E-state index contributed by atoms with van der Waals surface area (Å²) in [6, 6.07) is 1.74. The van der Waals surface area contributed by atoms with E-state index in [1.54, 1.807) is 17.8 Å². The van der Waals surface area contributed by atoms with Crippen LogP contribution in [0.5, 0.6) is 0 Å². The zero-order valence-corrected chi connectivity index (χ0v) is 10.6. The van der Waals surface area contributed by atoms with Gasteiger partial charge in [-0.2, -0.15) is 11.8 Å². The van der Waals surface area contributed by atoms with Crippen molar-refractivity contribution in [1.82, 2.24) is 5.32 Å². The van der Waals surface area contributed by atoms with Gasteiger partial charge in [-0.3, -0.25) is 4.79 Å². The summed E-state index contributed by atoms with van der Waals surface area (Å²) in [5.41, 5.74) is 6.38. The van der Waals surface area contributed by atoms with Crippen molar-refractivity contribution in [2.24, 2.45) is 0 Å². The van der Waals surface area contributed by atoms with Gasteiger partial charge < -0.3 is 11.1 Å². The van der Waals surface area contributed by atoms with Gasteiger partial charge in [0.05, 0.1) is 4.88 Å². The van der Waals surface area contributed by atoms with Gasteiger partial charge in [0.15, 0.2) is 0 Å². The molecule has 3 N–H and O–H groups in total. The van der Waals surface area contributed by atoms with E-state index in [0.29, 0.717) is 10.6 Å². The average Bonchev–Trinajstić information content (AvgIpc) is 2.54. The number of hydrogen-bond donors (Lipinski definition) is 2. The highest BCUT2D eigenvalue weighted by Crippen LogP contribution is 2.22. The Balaban J connectivity index is 2.40. The number of nitrogens with one attached hydrogen (secondary N) is 1. The van der Waals surface area contributed by atoms with Gasteiger partial charge in [-0.1, -0.05) is 0 Å². The first-order chi connectivity index (χ1) is 7.15. The van der Waals surface area contributed by atoms with Crippen LogP contribution in [-0.4, -0.2) is 24.5 Å². The van der Waals surface area contributed by atoms with E-state index < -0.39 is 0 Å². The second-order valence-corrected chi connectivity index (χ2v) is 5.47. The normalized spacial score (nSPS) is 10.3. The highest BCUT2D eigenvalue weighted by atomic mass is 32.2. The van der Waals surface area contributed by atoms with Gasteiger partial charge in [0.2, 0.25) is 0 Å². The molecule has 15 heavy (non-hydrogen) atoms. The molecule has 3 nitrogen and oxygen atoms in total. The number of anilines is 1. The average molecular weight is 244 g/mol. The summed E-state index contributed by atoms with van der Waals surface area (Å²) in [7, 11) is 0. The number of carbonyl (C=O) groups excluding carboxylic acids is 1. The third-order valence-corrected chi connectivity index (χ3v) is 3.75. The lowest BCUT2D eigenvalue weighted by Gasteiger charge is -2.01. The number of carbonyl (C=O) groups is 1. The summed E-state index contributed by atoms with van der Waals surface area (Å²) < 4.78 is 0. The van der Waals surface area contributed by atoms with Crippen LogP contribution in [0.15, 0.2) is 6.07 Å². The van der Waals surface area contributed by atoms with E-state index in [2.05, 4.69) is 11.6 Å². The highest BCUT2D eigenvalue weighted by molar-refractivity contribution is 7.98. The van der Waals surface area contributed by atoms with E-state index in [-0.39, 0.29) is 5.91 Å². The van der Waals surface area contributed by atoms with Crippen molar-refractivity contribution < 1.29 is 4.79 Å². The predicted octanol–water partition coefficient (Wildman–Crippen LogP) is 2.12. The molecule has 0 fully saturated rings. The third-order valence-electron chi connectivity index (χ3n) is 1.99. The monoisotopic (exact) mass is 244 g/mol. The Bertz CT molecular complexity index is 317. The van der Waals surface area contributed by atoms with Crippen molar-refractivity contribution >= 4 is 34.7 Å². The van der Waals surface area contributed by atoms with E-state index in [4.69, 9.17) is 5.73 Å². The molecule has 5 heteroatoms. The molecule has 0 aromatic carbocycles. The lowest BCUT2D eigenvalue weighted by molar-refractivity contribution is 0.0958. The number of rotatable bonds is 5. The summed E-state index contributed by atoms with van der Waals surface area (Å²) in [5, 5.41) is 2.88. The van der Waals surface area contributed by atoms with Crippen LogP contribution in [0, 0.1) is 6.92 Å². The van der Waals surface area contributed by atoms with Crippen molar-refractivity contribution in [3.05, 3.63) is 15.8 Å². The molecule has 0 atom stereocenters. The number of hydrogen-bond acceptors (Lipinski definition) is 4. The van der Waals surface area contributed by atoms with Crippen LogP contribution in [0.3, 0.4) is 0 Å². The van der Waals surface area contributed by atoms with E-state index in [1.807, 2.05) is 6.92 Å². The minimum absolute atomic E-state index is 0.0131. The Morgan fingerprint density at radius 1 is 1.67 bits per heavy atom. The van der Waals surface area contributed by atoms with Crippen LogP contribution >= 0.6 is 23.1 Å². The Labute approximate surface area is 98.4 Å². The number of nitrogen functional groups attached to an aromatic ring is 1. The van der Waals surface area contributed by atoms with Crippen molar-refractivity contribution in [3.63, 3.8) is 0 Å². The fraction of sp³-hybridized carbons (Fsp3) is 0.500. The highest BCUT2D eigenvalue weighted by Gasteiger charge is 2.09. The Morgan fingerprint density at radius 3 is 2.93 bits per heavy atom. The van der Waals surface area contributed by atoms with Gasteiger partial charge >= 0.3 is 0 Å². The van der Waals surface area contributed by atoms with E-state index in [0.717, 1.165) is 23.6 Å². The molecule has 1 heterocycles. The number of thioether (sulfide) groups is 1. The number of thiophene rings is 1. The van der Waals surface area contributed by atoms with Crippen LogP contribution < -0.4 is 11.1 Å². The number of amides is 1. The Hall–Kier alpha value is -0.680. The minimum atomic E-state index is -0.0131. The van der Waals surface area contributed by atoms with Gasteiger partial charge in [-0.15, -0.1) is 11.3 Å². The molecule has 0 aliphatic carbocycles. The summed E-state index contributed by atoms with van der Waals surface area (Å²) >= 11 is 3.23. The van der Waals surface area contributed by atoms with Crippen molar-refractivity contribution in [2.45, 2.75) is 13.3 Å². The number of nitrogens with two attached hydrogens (primary N) is 1. The summed E-state index contributed by atoms with van der Waals surface area (Å²) in [4.78, 5) is 13.3. The fourth-order valence-electron chi connectivity index (χ4n) is 1.11. The zero-order chi connectivity index (χ0) is 11.3. The molecular weight excluding hydrogens is 228 g/mol. The quantitative estimate of drug-likeness (QED) is 0.780. The molecule has 1 amide bonds. The van der Waals surface area contributed by atoms with E-state index in [1.165, 1.54) is 11.3 Å². The van der Waals surface area contributed by atoms with Gasteiger partial charge in [0.1, 0.15) is 0 Å². The van der Waals surface area contributed by atoms with Crippen LogP contribution in [0.1, 0.15) is 21.0 Å². The Kier molecular flexibility index (Phi) is 4.98. The van der Waals surface area contributed by atoms with Crippen molar-refractivity contribution in [3.8, 4) is 0 Å². The van der Waals surface area contributed by atoms with Gasteiger partial charge in [-0.25, -0.2) is 0 Å². The molecule has 0 saturated carbocycles. The zero-order valence-electron chi connectivity index (χ0n) is 9.00. The van der Waals surface area contributed by atoms with E-state index >= 15 is 0 Å². The van der Waals surface area contributed by atoms with Crippen LogP contribution in [-0.2, 0) is 0 Å². The first-order valence-electron chi connectivity index (χ1n) is 4.78. The maximum Gasteiger partial charge on any atom is 0.261 e. The SMILES string of the molecule is CSCCCNC(=O)c1cc(N)c(C)s1. The smallest absolute Gasteiger partial charge is 0.261 e. The summed E-state index contributed by atoms with van der Waals surface area (Å²) in [6.45, 7) is 2.65. The molecule has 0 unspecified atom stereocenters. The first kappa shape index (κ1) is 12.4. The standard InChI is InChI=1S/C10H16N2OS2/c1-7-8(11)6-9(15-7)10(13)12-4-3-5-14-2/h6H,3-5,11H2,1-2H3,(H,12,13). The van der Waals surface area contributed by atoms with Crippen molar-refractivity contribution in [1.29, 1.82) is 0 Å². The molecule has 0 aliphatic rings. The molecule has 0 radical (unpaired) electrons. The maximum absolute atomic E-state index is 11.6. The first-order valence-corrected chi connectivity index (χ1v) is 6.99. The van der Waals surface area contributed by atoms with Gasteiger partial charge in [0, 0.05) is 17.1 Å². The maximum atomic E-state index is 11.6. The molecule has 0 bridgehead atoms. The summed E-state index contributed by atoms with van der Waals surface area (Å²) in [5.74, 6) is 1.06. The van der Waals surface area contributed by atoms with E-state index in [9.17, 15) is 4.79 Å². The Morgan fingerprint density at radius 2 is 2.40 bits per heavy atom. The number of aryl methyl sites for hydroxylation is 1. The largest absolute Gasteiger partial charge is 0.398 e. The lowest BCUT2D eigenvalue weighted by atomic mass is 10.3. The van der Waals surface area contributed by atoms with Crippen LogP contribution in [0.4, 0.5) is 5.69 Å². The fourth-order valence-corrected chi connectivity index (χ4v) is 2.40. The molecule has 0 spiro atoms. The van der Waals surface area contributed by atoms with Crippen LogP contribution in [0.25, 0.3) is 0 Å². The molecule has 84 valence electrons. The third kappa shape index (κ3) is 3.76. The molecule has 0 aliphatic heterocycles. The van der Waals surface area contributed by atoms with Crippen molar-refractivity contribution in [2.75, 3.05) is 24.3 Å². The topological polar surface area (TPSA) is 55.1 Å². The molecular formula is C10H16N2OS2. The second kappa shape index (κ2) is 6.02.